The molecule has 14 heavy (non-hydrogen) atoms. The topological polar surface area (TPSA) is 46.9 Å². The van der Waals surface area contributed by atoms with E-state index in [1.807, 2.05) is 4.57 Å². The molecule has 3 heterocycles. The molecule has 0 saturated heterocycles. The molecule has 74 valence electrons. The monoisotopic (exact) mass is 191 g/mol. The molecule has 4 nitrogen and oxygen atoms in total. The Kier molecular flexibility index (Phi) is 1.70. The van der Waals surface area contributed by atoms with Crippen molar-refractivity contribution in [2.45, 2.75) is 32.4 Å². The average molecular weight is 191 g/mol. The molecule has 0 unspecified atom stereocenters. The molecular formula is C10H13N3O. The zero-order chi connectivity index (χ0) is 9.54. The first-order chi connectivity index (χ1) is 6.86. The summed E-state index contributed by atoms with van der Waals surface area (Å²) in [7, 11) is 0. The summed E-state index contributed by atoms with van der Waals surface area (Å²) < 4.78 is 1.84. The van der Waals surface area contributed by atoms with Crippen molar-refractivity contribution in [3.63, 3.8) is 0 Å². The van der Waals surface area contributed by atoms with E-state index in [-0.39, 0.29) is 5.56 Å². The predicted molar refractivity (Wildman–Crippen MR) is 52.2 cm³/mol. The van der Waals surface area contributed by atoms with Crippen LogP contribution in [0.5, 0.6) is 0 Å². The van der Waals surface area contributed by atoms with Crippen molar-refractivity contribution in [1.29, 1.82) is 0 Å². The Morgan fingerprint density at radius 2 is 2.29 bits per heavy atom. The summed E-state index contributed by atoms with van der Waals surface area (Å²) in [6, 6.07) is 0. The van der Waals surface area contributed by atoms with Crippen LogP contribution in [0.2, 0.25) is 0 Å². The number of aryl methyl sites for hydroxylation is 1. The molecule has 0 fully saturated rings. The Bertz CT molecular complexity index is 436. The lowest BCUT2D eigenvalue weighted by molar-refractivity contribution is 0.594. The highest BCUT2D eigenvalue weighted by Gasteiger charge is 2.21. The predicted octanol–water partition coefficient (Wildman–Crippen LogP) is -0.165. The van der Waals surface area contributed by atoms with E-state index in [2.05, 4.69) is 10.3 Å². The fraction of sp³-hybridized carbons (Fsp3) is 0.600. The Labute approximate surface area is 82.0 Å². The minimum Gasteiger partial charge on any atom is -0.312 e. The quantitative estimate of drug-likeness (QED) is 0.619. The van der Waals surface area contributed by atoms with E-state index in [4.69, 9.17) is 0 Å². The fourth-order valence-electron chi connectivity index (χ4n) is 2.31. The lowest BCUT2D eigenvalue weighted by Gasteiger charge is -2.17. The molecular weight excluding hydrogens is 178 g/mol. The maximum atomic E-state index is 12.0. The van der Waals surface area contributed by atoms with Crippen molar-refractivity contribution in [3.8, 4) is 0 Å². The largest absolute Gasteiger partial charge is 0.312 e. The van der Waals surface area contributed by atoms with Crippen molar-refractivity contribution in [1.82, 2.24) is 14.9 Å². The third-order valence-corrected chi connectivity index (χ3v) is 3.05. The van der Waals surface area contributed by atoms with E-state index < -0.39 is 0 Å². The van der Waals surface area contributed by atoms with Crippen molar-refractivity contribution >= 4 is 0 Å². The van der Waals surface area contributed by atoms with Crippen LogP contribution in [-0.4, -0.2) is 16.1 Å². The molecule has 1 N–H and O–H groups in total. The van der Waals surface area contributed by atoms with Gasteiger partial charge in [0, 0.05) is 32.5 Å². The second-order valence-electron chi connectivity index (χ2n) is 3.94. The normalized spacial score (nSPS) is 19.1. The first-order valence-electron chi connectivity index (χ1n) is 5.18. The number of aromatic nitrogens is 2. The van der Waals surface area contributed by atoms with Crippen LogP contribution in [0.1, 0.15) is 23.5 Å². The third kappa shape index (κ3) is 1.04. The molecule has 2 aliphatic heterocycles. The molecule has 0 saturated carbocycles. The Balaban J connectivity index is 2.25. The SMILES string of the molecule is O=c1c2c(nc3n1CCC3)CCNC2. The second-order valence-corrected chi connectivity index (χ2v) is 3.94. The standard InChI is InChI=1S/C10H13N3O/c14-10-7-6-11-4-3-8(7)12-9-2-1-5-13(9)10/h11H,1-6H2. The van der Waals surface area contributed by atoms with Gasteiger partial charge in [0.25, 0.3) is 5.56 Å². The minimum atomic E-state index is 0.190. The molecule has 2 aliphatic rings. The van der Waals surface area contributed by atoms with E-state index >= 15 is 0 Å². The van der Waals surface area contributed by atoms with Crippen LogP contribution in [0.4, 0.5) is 0 Å². The second kappa shape index (κ2) is 2.92. The van der Waals surface area contributed by atoms with Gasteiger partial charge in [0.05, 0.1) is 11.3 Å². The minimum absolute atomic E-state index is 0.190. The number of nitrogens with one attached hydrogen (secondary N) is 1. The average Bonchev–Trinajstić information content (AvgIpc) is 2.66. The summed E-state index contributed by atoms with van der Waals surface area (Å²) >= 11 is 0. The Hall–Kier alpha value is -1.16. The summed E-state index contributed by atoms with van der Waals surface area (Å²) in [4.78, 5) is 16.6. The molecule has 1 aromatic rings. The number of fused-ring (bicyclic) bond motifs is 2. The van der Waals surface area contributed by atoms with Gasteiger partial charge in [-0.25, -0.2) is 4.98 Å². The molecule has 0 aromatic carbocycles. The van der Waals surface area contributed by atoms with E-state index in [0.717, 1.165) is 49.4 Å². The fourth-order valence-corrected chi connectivity index (χ4v) is 2.31. The number of hydrogen-bond donors (Lipinski definition) is 1. The maximum absolute atomic E-state index is 12.0. The van der Waals surface area contributed by atoms with Crippen molar-refractivity contribution in [2.24, 2.45) is 0 Å². The lowest BCUT2D eigenvalue weighted by Crippen LogP contribution is -2.35. The van der Waals surface area contributed by atoms with Gasteiger partial charge in [-0.2, -0.15) is 0 Å². The summed E-state index contributed by atoms with van der Waals surface area (Å²) in [5.41, 5.74) is 2.11. The van der Waals surface area contributed by atoms with Crippen LogP contribution in [-0.2, 0) is 25.9 Å². The van der Waals surface area contributed by atoms with Gasteiger partial charge in [0.15, 0.2) is 0 Å². The van der Waals surface area contributed by atoms with Gasteiger partial charge < -0.3 is 5.32 Å². The number of hydrogen-bond acceptors (Lipinski definition) is 3. The highest BCUT2D eigenvalue weighted by atomic mass is 16.1. The zero-order valence-corrected chi connectivity index (χ0v) is 8.05. The van der Waals surface area contributed by atoms with Crippen LogP contribution >= 0.6 is 0 Å². The van der Waals surface area contributed by atoms with Crippen molar-refractivity contribution in [3.05, 3.63) is 27.4 Å². The Morgan fingerprint density at radius 3 is 3.21 bits per heavy atom. The molecule has 0 atom stereocenters. The summed E-state index contributed by atoms with van der Waals surface area (Å²) in [6.07, 6.45) is 2.94. The maximum Gasteiger partial charge on any atom is 0.258 e. The van der Waals surface area contributed by atoms with Gasteiger partial charge >= 0.3 is 0 Å². The molecule has 0 bridgehead atoms. The van der Waals surface area contributed by atoms with E-state index in [1.54, 1.807) is 0 Å². The molecule has 4 heteroatoms. The molecule has 1 aromatic heterocycles. The van der Waals surface area contributed by atoms with E-state index in [9.17, 15) is 4.79 Å². The van der Waals surface area contributed by atoms with Gasteiger partial charge in [-0.1, -0.05) is 0 Å². The molecule has 0 radical (unpaired) electrons. The first kappa shape index (κ1) is 8.17. The van der Waals surface area contributed by atoms with Gasteiger partial charge in [0.1, 0.15) is 5.82 Å². The molecule has 0 aliphatic carbocycles. The number of nitrogens with zero attached hydrogens (tertiary/aromatic N) is 2. The van der Waals surface area contributed by atoms with Gasteiger partial charge in [-0.15, -0.1) is 0 Å². The van der Waals surface area contributed by atoms with Gasteiger partial charge in [0.2, 0.25) is 0 Å². The summed E-state index contributed by atoms with van der Waals surface area (Å²) in [6.45, 7) is 2.50. The molecule has 0 spiro atoms. The van der Waals surface area contributed by atoms with E-state index in [1.165, 1.54) is 0 Å². The lowest BCUT2D eigenvalue weighted by atomic mass is 10.1. The highest BCUT2D eigenvalue weighted by Crippen LogP contribution is 2.14. The highest BCUT2D eigenvalue weighted by molar-refractivity contribution is 5.22. The van der Waals surface area contributed by atoms with Crippen LogP contribution in [0.3, 0.4) is 0 Å². The summed E-state index contributed by atoms with van der Waals surface area (Å²) in [5.74, 6) is 0.996. The van der Waals surface area contributed by atoms with Crippen LogP contribution in [0, 0.1) is 0 Å². The van der Waals surface area contributed by atoms with Crippen LogP contribution < -0.4 is 10.9 Å². The van der Waals surface area contributed by atoms with Gasteiger partial charge in [-0.05, 0) is 6.42 Å². The van der Waals surface area contributed by atoms with Gasteiger partial charge in [-0.3, -0.25) is 9.36 Å². The summed E-state index contributed by atoms with van der Waals surface area (Å²) in [5, 5.41) is 3.22. The zero-order valence-electron chi connectivity index (χ0n) is 8.05. The Morgan fingerprint density at radius 1 is 1.36 bits per heavy atom. The molecule has 3 rings (SSSR count). The van der Waals surface area contributed by atoms with Crippen LogP contribution in [0.15, 0.2) is 4.79 Å². The molecule has 0 amide bonds. The van der Waals surface area contributed by atoms with Crippen molar-refractivity contribution in [2.75, 3.05) is 6.54 Å². The van der Waals surface area contributed by atoms with E-state index in [0.29, 0.717) is 6.54 Å². The van der Waals surface area contributed by atoms with Crippen LogP contribution in [0.25, 0.3) is 0 Å². The first-order valence-corrected chi connectivity index (χ1v) is 5.18. The number of rotatable bonds is 0. The smallest absolute Gasteiger partial charge is 0.258 e. The third-order valence-electron chi connectivity index (χ3n) is 3.05. The van der Waals surface area contributed by atoms with Crippen molar-refractivity contribution < 1.29 is 0 Å².